The van der Waals surface area contributed by atoms with E-state index in [0.717, 1.165) is 43.1 Å². The molecule has 1 saturated heterocycles. The highest BCUT2D eigenvalue weighted by Crippen LogP contribution is 2.60. The predicted molar refractivity (Wildman–Crippen MR) is 119 cm³/mol. The van der Waals surface area contributed by atoms with E-state index in [4.69, 9.17) is 4.74 Å². The number of anilines is 1. The number of hydrogen-bond acceptors (Lipinski definition) is 5. The molecular weight excluding hydrogens is 392 g/mol. The van der Waals surface area contributed by atoms with E-state index in [9.17, 15) is 9.59 Å². The van der Waals surface area contributed by atoms with Crippen LogP contribution in [0.2, 0.25) is 0 Å². The molecule has 1 aromatic rings. The van der Waals surface area contributed by atoms with Crippen molar-refractivity contribution < 1.29 is 9.53 Å². The Balaban J connectivity index is 1.20. The van der Waals surface area contributed by atoms with Gasteiger partial charge in [0.1, 0.15) is 0 Å². The fourth-order valence-electron chi connectivity index (χ4n) is 7.31. The highest BCUT2D eigenvalue weighted by molar-refractivity contribution is 5.76. The second kappa shape index (κ2) is 8.23. The van der Waals surface area contributed by atoms with Gasteiger partial charge < -0.3 is 14.5 Å². The van der Waals surface area contributed by atoms with Gasteiger partial charge in [0.25, 0.3) is 5.56 Å². The van der Waals surface area contributed by atoms with Gasteiger partial charge in [0.05, 0.1) is 13.2 Å². The molecule has 1 N–H and O–H groups in total. The summed E-state index contributed by atoms with van der Waals surface area (Å²) in [5, 5.41) is 0. The smallest absolute Gasteiger partial charge is 0.255 e. The summed E-state index contributed by atoms with van der Waals surface area (Å²) in [5.74, 6) is 3.44. The van der Waals surface area contributed by atoms with Gasteiger partial charge in [0, 0.05) is 44.4 Å². The number of aryl methyl sites for hydroxylation is 1. The van der Waals surface area contributed by atoms with Crippen LogP contribution in [-0.4, -0.2) is 60.7 Å². The van der Waals surface area contributed by atoms with Crippen molar-refractivity contribution in [2.45, 2.75) is 58.3 Å². The van der Waals surface area contributed by atoms with E-state index >= 15 is 0 Å². The highest BCUT2D eigenvalue weighted by Gasteiger charge is 2.51. The Bertz CT molecular complexity index is 854. The molecule has 1 aromatic heterocycles. The second-order valence-corrected chi connectivity index (χ2v) is 10.7. The Labute approximate surface area is 184 Å². The topological polar surface area (TPSA) is 78.5 Å². The summed E-state index contributed by atoms with van der Waals surface area (Å²) >= 11 is 0. The molecule has 170 valence electrons. The maximum atomic E-state index is 12.9. The molecule has 1 amide bonds. The summed E-state index contributed by atoms with van der Waals surface area (Å²) < 4.78 is 5.38. The fraction of sp³-hybridized carbons (Fsp3) is 0.792. The monoisotopic (exact) mass is 428 g/mol. The zero-order chi connectivity index (χ0) is 21.6. The first-order chi connectivity index (χ1) is 14.9. The molecule has 4 saturated carbocycles. The van der Waals surface area contributed by atoms with Crippen LogP contribution < -0.4 is 10.5 Å². The Morgan fingerprint density at radius 2 is 1.77 bits per heavy atom. The second-order valence-electron chi connectivity index (χ2n) is 10.7. The summed E-state index contributed by atoms with van der Waals surface area (Å²) in [7, 11) is 1.96. The lowest BCUT2D eigenvalue weighted by Crippen LogP contribution is -2.51. The highest BCUT2D eigenvalue weighted by atomic mass is 16.5. The Kier molecular flexibility index (Phi) is 5.57. The van der Waals surface area contributed by atoms with E-state index in [1.54, 1.807) is 0 Å². The van der Waals surface area contributed by atoms with Crippen LogP contribution >= 0.6 is 0 Å². The zero-order valence-electron chi connectivity index (χ0n) is 19.0. The van der Waals surface area contributed by atoms with Crippen molar-refractivity contribution in [1.29, 1.82) is 0 Å². The van der Waals surface area contributed by atoms with Crippen molar-refractivity contribution in [2.24, 2.45) is 23.2 Å². The third-order valence-electron chi connectivity index (χ3n) is 8.27. The molecule has 1 aliphatic heterocycles. The van der Waals surface area contributed by atoms with Gasteiger partial charge in [-0.2, -0.15) is 0 Å². The van der Waals surface area contributed by atoms with E-state index in [2.05, 4.69) is 9.97 Å². The minimum absolute atomic E-state index is 0.120. The molecular formula is C24H36N4O3. The molecule has 0 atom stereocenters. The number of aromatic amines is 1. The van der Waals surface area contributed by atoms with Gasteiger partial charge >= 0.3 is 0 Å². The number of aromatic nitrogens is 2. The average molecular weight is 429 g/mol. The Morgan fingerprint density at radius 1 is 1.16 bits per heavy atom. The summed E-state index contributed by atoms with van der Waals surface area (Å²) in [4.78, 5) is 37.2. The van der Waals surface area contributed by atoms with Gasteiger partial charge in [-0.3, -0.25) is 14.6 Å². The number of nitrogens with one attached hydrogen (secondary N) is 1. The summed E-state index contributed by atoms with van der Waals surface area (Å²) in [5.41, 5.74) is 1.59. The molecule has 6 rings (SSSR count). The number of carbonyl (C=O) groups excluding carboxylic acids is 1. The molecule has 31 heavy (non-hydrogen) atoms. The lowest BCUT2D eigenvalue weighted by atomic mass is 9.49. The van der Waals surface area contributed by atoms with Crippen LogP contribution in [0.5, 0.6) is 0 Å². The third kappa shape index (κ3) is 4.26. The third-order valence-corrected chi connectivity index (χ3v) is 8.27. The standard InChI is InChI=1S/C24H36N4O3/c1-16-20(22(30)26-23(25-16)28-5-7-31-8-6-28)3-4-21(29)27(2)15-24-12-17-9-18(13-24)11-19(10-17)14-24/h17-19H,3-15H2,1-2H3,(H,25,26,30). The Hall–Kier alpha value is -1.89. The van der Waals surface area contributed by atoms with E-state index in [1.165, 1.54) is 38.5 Å². The van der Waals surface area contributed by atoms with Gasteiger partial charge in [-0.05, 0) is 75.0 Å². The number of amides is 1. The largest absolute Gasteiger partial charge is 0.378 e. The van der Waals surface area contributed by atoms with E-state index < -0.39 is 0 Å². The molecule has 5 aliphatic rings. The predicted octanol–water partition coefficient (Wildman–Crippen LogP) is 2.52. The SMILES string of the molecule is Cc1nc(N2CCOCC2)[nH]c(=O)c1CCC(=O)N(C)CC12CC3CC(CC(C3)C1)C2. The molecule has 7 heteroatoms. The molecule has 0 radical (unpaired) electrons. The van der Waals surface area contributed by atoms with Crippen molar-refractivity contribution >= 4 is 11.9 Å². The summed E-state index contributed by atoms with van der Waals surface area (Å²) in [6, 6.07) is 0. The van der Waals surface area contributed by atoms with Crippen LogP contribution in [0, 0.1) is 30.1 Å². The number of hydrogen-bond donors (Lipinski definition) is 1. The number of morpholine rings is 1. The lowest BCUT2D eigenvalue weighted by molar-refractivity contribution is -0.135. The van der Waals surface area contributed by atoms with Crippen LogP contribution in [0.25, 0.3) is 0 Å². The number of H-pyrrole nitrogens is 1. The van der Waals surface area contributed by atoms with Gasteiger partial charge in [-0.25, -0.2) is 4.98 Å². The lowest BCUT2D eigenvalue weighted by Gasteiger charge is -2.57. The van der Waals surface area contributed by atoms with Gasteiger partial charge in [0.2, 0.25) is 11.9 Å². The zero-order valence-corrected chi connectivity index (χ0v) is 19.0. The van der Waals surface area contributed by atoms with Crippen molar-refractivity contribution in [3.63, 3.8) is 0 Å². The molecule has 4 aliphatic carbocycles. The number of nitrogens with zero attached hydrogens (tertiary/aromatic N) is 3. The number of ether oxygens (including phenoxy) is 1. The van der Waals surface area contributed by atoms with E-state index in [-0.39, 0.29) is 11.5 Å². The molecule has 0 aromatic carbocycles. The molecule has 2 heterocycles. The van der Waals surface area contributed by atoms with Crippen LogP contribution in [0.1, 0.15) is 56.2 Å². The minimum Gasteiger partial charge on any atom is -0.378 e. The van der Waals surface area contributed by atoms with E-state index in [0.29, 0.717) is 43.0 Å². The molecule has 5 fully saturated rings. The van der Waals surface area contributed by atoms with Gasteiger partial charge in [-0.1, -0.05) is 0 Å². The van der Waals surface area contributed by atoms with Crippen LogP contribution in [-0.2, 0) is 16.0 Å². The summed E-state index contributed by atoms with van der Waals surface area (Å²) in [6.45, 7) is 5.52. The quantitative estimate of drug-likeness (QED) is 0.753. The first-order valence-corrected chi connectivity index (χ1v) is 12.1. The first-order valence-electron chi connectivity index (χ1n) is 12.1. The minimum atomic E-state index is -0.120. The van der Waals surface area contributed by atoms with Crippen LogP contribution in [0.15, 0.2) is 4.79 Å². The van der Waals surface area contributed by atoms with E-state index in [1.807, 2.05) is 23.8 Å². The first kappa shape index (κ1) is 21.0. The number of rotatable bonds is 6. The van der Waals surface area contributed by atoms with Crippen LogP contribution in [0.3, 0.4) is 0 Å². The fourth-order valence-corrected chi connectivity index (χ4v) is 7.31. The maximum absolute atomic E-state index is 12.9. The Morgan fingerprint density at radius 3 is 2.35 bits per heavy atom. The van der Waals surface area contributed by atoms with Crippen molar-refractivity contribution in [3.05, 3.63) is 21.6 Å². The average Bonchev–Trinajstić information content (AvgIpc) is 2.72. The molecule has 4 bridgehead atoms. The van der Waals surface area contributed by atoms with Gasteiger partial charge in [0.15, 0.2) is 0 Å². The van der Waals surface area contributed by atoms with Crippen molar-refractivity contribution in [3.8, 4) is 0 Å². The molecule has 0 unspecified atom stereocenters. The van der Waals surface area contributed by atoms with Crippen LogP contribution in [0.4, 0.5) is 5.95 Å². The molecule has 0 spiro atoms. The van der Waals surface area contributed by atoms with Crippen molar-refractivity contribution in [1.82, 2.24) is 14.9 Å². The summed E-state index contributed by atoms with van der Waals surface area (Å²) in [6.07, 6.45) is 9.01. The van der Waals surface area contributed by atoms with Crippen molar-refractivity contribution in [2.75, 3.05) is 44.8 Å². The maximum Gasteiger partial charge on any atom is 0.255 e. The molecule has 7 nitrogen and oxygen atoms in total. The normalized spacial score (nSPS) is 31.8. The number of carbonyl (C=O) groups is 1. The van der Waals surface area contributed by atoms with Gasteiger partial charge in [-0.15, -0.1) is 0 Å².